The van der Waals surface area contributed by atoms with Gasteiger partial charge in [0.2, 0.25) is 0 Å². The Morgan fingerprint density at radius 3 is 1.38 bits per heavy atom. The molecule has 0 bridgehead atoms. The first-order valence-electron chi connectivity index (χ1n) is 10.5. The van der Waals surface area contributed by atoms with Crippen molar-refractivity contribution in [3.05, 3.63) is 23.7 Å². The number of halogens is 1. The van der Waals surface area contributed by atoms with E-state index in [-0.39, 0.29) is 5.56 Å². The molecule has 0 saturated heterocycles. The molecule has 0 unspecified atom stereocenters. The molecule has 0 amide bonds. The number of furan rings is 1. The van der Waals surface area contributed by atoms with Crippen molar-refractivity contribution in [1.29, 1.82) is 21.0 Å². The molecule has 0 radical (unpaired) electrons. The van der Waals surface area contributed by atoms with Gasteiger partial charge in [-0.05, 0) is 43.2 Å². The van der Waals surface area contributed by atoms with Gasteiger partial charge in [-0.3, -0.25) is 0 Å². The van der Waals surface area contributed by atoms with Crippen molar-refractivity contribution in [2.75, 3.05) is 37.0 Å². The van der Waals surface area contributed by atoms with Gasteiger partial charge >= 0.3 is 28.2 Å². The van der Waals surface area contributed by atoms with Gasteiger partial charge in [-0.1, -0.05) is 59.8 Å². The second kappa shape index (κ2) is 23.2. The Balaban J connectivity index is -0.000000439. The van der Waals surface area contributed by atoms with E-state index >= 15 is 0 Å². The zero-order chi connectivity index (χ0) is 25.6. The second-order valence-electron chi connectivity index (χ2n) is 6.33. The van der Waals surface area contributed by atoms with E-state index in [1.807, 2.05) is 0 Å². The van der Waals surface area contributed by atoms with Crippen molar-refractivity contribution in [2.24, 2.45) is 5.92 Å². The van der Waals surface area contributed by atoms with Crippen molar-refractivity contribution in [2.45, 2.75) is 53.9 Å². The quantitative estimate of drug-likeness (QED) is 0.216. The van der Waals surface area contributed by atoms with Crippen LogP contribution in [-0.4, -0.2) is 37.0 Å². The van der Waals surface area contributed by atoms with Crippen LogP contribution in [0.3, 0.4) is 0 Å². The Morgan fingerprint density at radius 2 is 1.22 bits per heavy atom. The molecule has 32 heavy (non-hydrogen) atoms. The number of nitriles is 4. The maximum absolute atomic E-state index is 9.04. The monoisotopic (exact) mass is 675 g/mol. The Morgan fingerprint density at radius 1 is 0.875 bits per heavy atom. The normalized spacial score (nSPS) is 9.66. The van der Waals surface area contributed by atoms with Crippen LogP contribution in [0.15, 0.2) is 10.5 Å². The molecule has 0 aliphatic heterocycles. The summed E-state index contributed by atoms with van der Waals surface area (Å²) in [7, 11) is 5.50. The third kappa shape index (κ3) is 12.9. The van der Waals surface area contributed by atoms with Crippen LogP contribution in [0.25, 0.3) is 0 Å². The van der Waals surface area contributed by atoms with Crippen LogP contribution in [0.5, 0.6) is 0 Å². The number of aryl methyl sites for hydroxylation is 1. The molecule has 0 saturated carbocycles. The fourth-order valence-corrected chi connectivity index (χ4v) is 5.27. The maximum atomic E-state index is 9.04. The van der Waals surface area contributed by atoms with Crippen LogP contribution in [0.1, 0.15) is 52.9 Å². The van der Waals surface area contributed by atoms with Crippen molar-refractivity contribution in [1.82, 2.24) is 0 Å². The minimum absolute atomic E-state index is 0.114. The average Bonchev–Trinajstić information content (AvgIpc) is 3.28. The standard InChI is InChI=1S/C11H5N4O.2C6H15P.ClH.Pt/c1-8-2-9(5-16-8)11(6-14,7-15)10(3-12)4-13;2*1-4-7(5-2)6-3;;/h2,10H,1H3;2*4-6H2,1-3H3;1H;/q-1;;;;+2/p-1. The van der Waals surface area contributed by atoms with Gasteiger partial charge < -0.3 is 4.42 Å². The third-order valence-corrected chi connectivity index (χ3v) is 10.2. The summed E-state index contributed by atoms with van der Waals surface area (Å²) in [5, 5.41) is 35.6. The fourth-order valence-electron chi connectivity index (χ4n) is 2.59. The molecular formula is C23H35ClN4OP2Pt. The van der Waals surface area contributed by atoms with E-state index in [1.54, 1.807) is 50.0 Å². The van der Waals surface area contributed by atoms with Crippen LogP contribution in [-0.2, 0) is 24.2 Å². The van der Waals surface area contributed by atoms with Gasteiger partial charge in [-0.2, -0.15) is 27.1 Å². The summed E-state index contributed by atoms with van der Waals surface area (Å²) >= 11 is 1.61. The SMILES string of the molecule is CCP(CC)CC.CCP(CC)CC.Cc1cc(C(C#N)(C#N)C(C#N)C#N)[c-]o1.[Cl][Pt+]. The second-order valence-corrected chi connectivity index (χ2v) is 12.8. The molecule has 1 rings (SSSR count). The first-order valence-corrected chi connectivity index (χ1v) is 17.1. The molecule has 0 aliphatic carbocycles. The van der Waals surface area contributed by atoms with Crippen molar-refractivity contribution in [3.63, 3.8) is 0 Å². The first kappa shape index (κ1) is 35.7. The van der Waals surface area contributed by atoms with Crippen molar-refractivity contribution in [3.8, 4) is 24.3 Å². The summed E-state index contributed by atoms with van der Waals surface area (Å²) in [5.74, 6) is -0.921. The topological polar surface area (TPSA) is 108 Å². The van der Waals surface area contributed by atoms with Crippen molar-refractivity contribution < 1.29 is 23.2 Å². The van der Waals surface area contributed by atoms with Gasteiger partial charge in [0.1, 0.15) is 0 Å². The Bertz CT molecular complexity index is 703. The molecular weight excluding hydrogens is 641 g/mol. The van der Waals surface area contributed by atoms with Crippen LogP contribution in [0.4, 0.5) is 0 Å². The average molecular weight is 676 g/mol. The summed E-state index contributed by atoms with van der Waals surface area (Å²) in [6.07, 6.45) is 10.9. The van der Waals surface area contributed by atoms with Crippen LogP contribution >= 0.6 is 25.3 Å². The van der Waals surface area contributed by atoms with E-state index in [0.717, 1.165) is 0 Å². The predicted octanol–water partition coefficient (Wildman–Crippen LogP) is 7.08. The summed E-state index contributed by atoms with van der Waals surface area (Å²) in [6.45, 7) is 15.4. The Kier molecular flexibility index (Phi) is 25.9. The van der Waals surface area contributed by atoms with Crippen LogP contribution in [0, 0.1) is 64.4 Å². The summed E-state index contributed by atoms with van der Waals surface area (Å²) in [5.41, 5.74) is -1.73. The van der Waals surface area contributed by atoms with Gasteiger partial charge in [0.25, 0.3) is 0 Å². The van der Waals surface area contributed by atoms with Gasteiger partial charge in [-0.25, -0.2) is 0 Å². The van der Waals surface area contributed by atoms with Gasteiger partial charge in [0.15, 0.2) is 11.3 Å². The molecule has 0 N–H and O–H groups in total. The minimum atomic E-state index is -1.85. The molecule has 180 valence electrons. The summed E-state index contributed by atoms with van der Waals surface area (Å²) in [6, 6.07) is 8.09. The molecule has 0 spiro atoms. The van der Waals surface area contributed by atoms with Gasteiger partial charge in [-0.15, -0.1) is 15.8 Å². The summed E-state index contributed by atoms with van der Waals surface area (Å²) in [4.78, 5) is 0. The molecule has 5 nitrogen and oxygen atoms in total. The van der Waals surface area contributed by atoms with E-state index in [9.17, 15) is 0 Å². The molecule has 0 aliphatic rings. The first-order chi connectivity index (χ1) is 15.3. The summed E-state index contributed by atoms with van der Waals surface area (Å²) < 4.78 is 4.87. The van der Waals surface area contributed by atoms with Crippen LogP contribution in [0.2, 0.25) is 0 Å². The molecule has 1 heterocycles. The predicted molar refractivity (Wildman–Crippen MR) is 133 cm³/mol. The molecule has 0 atom stereocenters. The van der Waals surface area contributed by atoms with Crippen LogP contribution < -0.4 is 0 Å². The molecule has 0 fully saturated rings. The van der Waals surface area contributed by atoms with E-state index in [0.29, 0.717) is 21.6 Å². The van der Waals surface area contributed by atoms with E-state index in [1.165, 1.54) is 43.0 Å². The zero-order valence-electron chi connectivity index (χ0n) is 20.2. The molecule has 1 aromatic heterocycles. The Labute approximate surface area is 213 Å². The molecule has 1 aromatic rings. The number of hydrogen-bond acceptors (Lipinski definition) is 5. The van der Waals surface area contributed by atoms with E-state index in [4.69, 9.17) is 25.5 Å². The molecule has 9 heteroatoms. The van der Waals surface area contributed by atoms with Gasteiger partial charge in [0, 0.05) is 0 Å². The number of rotatable bonds is 8. The number of nitrogens with zero attached hydrogens (tertiary/aromatic N) is 4. The Hall–Kier alpha value is -0.922. The third-order valence-electron chi connectivity index (χ3n) is 4.82. The zero-order valence-corrected chi connectivity index (χ0v) is 25.0. The fraction of sp³-hybridized carbons (Fsp3) is 0.652. The van der Waals surface area contributed by atoms with Crippen molar-refractivity contribution >= 4 is 25.3 Å². The van der Waals surface area contributed by atoms with Gasteiger partial charge in [0.05, 0.1) is 24.3 Å². The van der Waals surface area contributed by atoms with E-state index < -0.39 is 11.3 Å². The number of hydrogen-bond donors (Lipinski definition) is 0. The molecule has 0 aromatic carbocycles. The van der Waals surface area contributed by atoms with E-state index in [2.05, 4.69) is 57.2 Å².